The summed E-state index contributed by atoms with van der Waals surface area (Å²) in [6, 6.07) is 0. The van der Waals surface area contributed by atoms with Gasteiger partial charge in [0.15, 0.2) is 6.10 Å². The molecule has 6 nitrogen and oxygen atoms in total. The van der Waals surface area contributed by atoms with Crippen LogP contribution in [0, 0.1) is 0 Å². The summed E-state index contributed by atoms with van der Waals surface area (Å²) in [5, 5.41) is 29.0. The molecule has 0 aliphatic heterocycles. The first kappa shape index (κ1) is 14.6. The fourth-order valence-corrected chi connectivity index (χ4v) is 1.97. The van der Waals surface area contributed by atoms with E-state index >= 15 is 0 Å². The summed E-state index contributed by atoms with van der Waals surface area (Å²) in [5.74, 6) is -1.01. The van der Waals surface area contributed by atoms with E-state index < -0.39 is 26.5 Å². The van der Waals surface area contributed by atoms with E-state index in [0.29, 0.717) is 0 Å². The number of nitrogens with one attached hydrogen (secondary N) is 1. The summed E-state index contributed by atoms with van der Waals surface area (Å²) < 4.78 is 16.6. The number of hydrogen-bond donors (Lipinski definition) is 4. The predicted molar refractivity (Wildman–Crippen MR) is 55.7 cm³/mol. The van der Waals surface area contributed by atoms with Crippen LogP contribution in [0.5, 0.6) is 0 Å². The third-order valence-corrected chi connectivity index (χ3v) is 3.00. The Kier molecular flexibility index (Phi) is 8.70. The zero-order valence-corrected chi connectivity index (χ0v) is 9.27. The minimum Gasteiger partial charge on any atom is -0.395 e. The van der Waals surface area contributed by atoms with Gasteiger partial charge in [-0.2, -0.15) is 0 Å². The van der Waals surface area contributed by atoms with Crippen LogP contribution in [0.25, 0.3) is 0 Å². The highest BCUT2D eigenvalue weighted by molar-refractivity contribution is 7.43. The average Bonchev–Trinajstić information content (AvgIpc) is 2.26. The summed E-state index contributed by atoms with van der Waals surface area (Å²) >= 11 is 0. The zero-order valence-electron chi connectivity index (χ0n) is 8.37. The molecule has 0 saturated heterocycles. The largest absolute Gasteiger partial charge is 0.467 e. The Morgan fingerprint density at radius 2 is 2.20 bits per heavy atom. The molecule has 0 aromatic heterocycles. The molecule has 4 N–H and O–H groups in total. The minimum atomic E-state index is -2.05. The topological polar surface area (TPSA) is 99.0 Å². The molecule has 0 fully saturated rings. The summed E-state index contributed by atoms with van der Waals surface area (Å²) in [7, 11) is -2.05. The van der Waals surface area contributed by atoms with Crippen LogP contribution in [0.1, 0.15) is 0 Å². The second kappa shape index (κ2) is 8.91. The van der Waals surface area contributed by atoms with Gasteiger partial charge in [0.05, 0.1) is 26.4 Å². The monoisotopic (exact) mass is 238 g/mol. The van der Waals surface area contributed by atoms with Crippen molar-refractivity contribution >= 4 is 7.95 Å². The Bertz CT molecular complexity index is 201. The molecule has 7 heteroatoms. The molecule has 3 atom stereocenters. The molecule has 0 aromatic carbocycles. The number of ether oxygens (including phenoxy) is 1. The normalized spacial score (nSPS) is 15.8. The van der Waals surface area contributed by atoms with Crippen LogP contribution in [-0.2, 0) is 9.30 Å². The maximum absolute atomic E-state index is 11.5. The van der Waals surface area contributed by atoms with E-state index in [1.807, 2.05) is 0 Å². The van der Waals surface area contributed by atoms with Gasteiger partial charge >= 0.3 is 13.8 Å². The van der Waals surface area contributed by atoms with Crippen molar-refractivity contribution in [1.29, 1.82) is 0 Å². The van der Waals surface area contributed by atoms with Gasteiger partial charge in [0.1, 0.15) is 0 Å². The van der Waals surface area contributed by atoms with Gasteiger partial charge in [-0.1, -0.05) is 6.08 Å². The van der Waals surface area contributed by atoms with Gasteiger partial charge in [-0.05, 0) is 4.57 Å². The average molecular weight is 238 g/mol. The minimum absolute atomic E-state index is 0.129. The standard InChI is InChI=1S/C8H17NO5P/c1-2-5-14-8(7(12)6-11)15(13)9-3-4-10/h2,7-8,10-12H,1,3-6H2,(H,9,13)/q+1/t7-,8?/m0/s1. The number of aliphatic hydroxyl groups is 3. The molecule has 0 saturated carbocycles. The third-order valence-electron chi connectivity index (χ3n) is 1.51. The first-order valence-electron chi connectivity index (χ1n) is 4.49. The maximum Gasteiger partial charge on any atom is 0.467 e. The second-order valence-electron chi connectivity index (χ2n) is 2.72. The Labute approximate surface area is 89.4 Å². The molecule has 0 bridgehead atoms. The Morgan fingerprint density at radius 1 is 1.53 bits per heavy atom. The highest BCUT2D eigenvalue weighted by Crippen LogP contribution is 2.26. The Hall–Kier alpha value is -0.360. The van der Waals surface area contributed by atoms with Gasteiger partial charge in [0, 0.05) is 0 Å². The fraction of sp³-hybridized carbons (Fsp3) is 0.750. The van der Waals surface area contributed by atoms with Crippen molar-refractivity contribution in [1.82, 2.24) is 5.09 Å². The van der Waals surface area contributed by atoms with Crippen molar-refractivity contribution in [3.05, 3.63) is 12.7 Å². The SMILES string of the molecule is C=CCOC([C@@H](O)CO)[P+](=O)NCCO. The Balaban J connectivity index is 4.19. The molecule has 88 valence electrons. The van der Waals surface area contributed by atoms with Crippen LogP contribution in [0.2, 0.25) is 0 Å². The van der Waals surface area contributed by atoms with Crippen LogP contribution < -0.4 is 5.09 Å². The summed E-state index contributed by atoms with van der Waals surface area (Å²) in [6.07, 6.45) is 0.228. The van der Waals surface area contributed by atoms with E-state index in [1.165, 1.54) is 6.08 Å². The highest BCUT2D eigenvalue weighted by atomic mass is 31.1. The number of rotatable bonds is 9. The van der Waals surface area contributed by atoms with Crippen LogP contribution in [-0.4, -0.2) is 53.6 Å². The van der Waals surface area contributed by atoms with E-state index in [0.717, 1.165) is 0 Å². The molecule has 0 spiro atoms. The first-order chi connectivity index (χ1) is 7.17. The van der Waals surface area contributed by atoms with Crippen LogP contribution >= 0.6 is 7.95 Å². The molecule has 0 aromatic rings. The quantitative estimate of drug-likeness (QED) is 0.310. The summed E-state index contributed by atoms with van der Waals surface area (Å²) in [6.45, 7) is 2.98. The highest BCUT2D eigenvalue weighted by Gasteiger charge is 2.37. The molecule has 0 aliphatic carbocycles. The lowest BCUT2D eigenvalue weighted by atomic mass is 10.4. The van der Waals surface area contributed by atoms with Crippen LogP contribution in [0.15, 0.2) is 12.7 Å². The molecule has 0 amide bonds. The molecule has 0 rings (SSSR count). The molecule has 0 aliphatic rings. The summed E-state index contributed by atoms with van der Waals surface area (Å²) in [5.41, 5.74) is 0. The van der Waals surface area contributed by atoms with Crippen molar-refractivity contribution < 1.29 is 24.6 Å². The van der Waals surface area contributed by atoms with Gasteiger partial charge in [-0.15, -0.1) is 11.7 Å². The molecule has 2 unspecified atom stereocenters. The zero-order chi connectivity index (χ0) is 11.7. The molecular weight excluding hydrogens is 221 g/mol. The molecule has 0 heterocycles. The van der Waals surface area contributed by atoms with Crippen LogP contribution in [0.3, 0.4) is 0 Å². The number of hydrogen-bond acceptors (Lipinski definition) is 5. The Morgan fingerprint density at radius 3 is 2.67 bits per heavy atom. The summed E-state index contributed by atoms with van der Waals surface area (Å²) in [4.78, 5) is 0. The smallest absolute Gasteiger partial charge is 0.395 e. The van der Waals surface area contributed by atoms with Crippen molar-refractivity contribution in [3.8, 4) is 0 Å². The van der Waals surface area contributed by atoms with Gasteiger partial charge in [0.2, 0.25) is 0 Å². The van der Waals surface area contributed by atoms with Gasteiger partial charge in [-0.25, -0.2) is 0 Å². The number of aliphatic hydroxyl groups excluding tert-OH is 3. The van der Waals surface area contributed by atoms with Gasteiger partial charge in [0.25, 0.3) is 0 Å². The lowest BCUT2D eigenvalue weighted by Gasteiger charge is -2.11. The van der Waals surface area contributed by atoms with Gasteiger partial charge in [-0.3, -0.25) is 0 Å². The molecular formula is C8H17NO5P+. The fourth-order valence-electron chi connectivity index (χ4n) is 0.842. The van der Waals surface area contributed by atoms with Gasteiger partial charge < -0.3 is 20.1 Å². The van der Waals surface area contributed by atoms with Crippen molar-refractivity contribution in [2.24, 2.45) is 0 Å². The van der Waals surface area contributed by atoms with E-state index in [2.05, 4.69) is 11.7 Å². The molecule has 0 radical (unpaired) electrons. The second-order valence-corrected chi connectivity index (χ2v) is 4.20. The van der Waals surface area contributed by atoms with Crippen molar-refractivity contribution in [2.75, 3.05) is 26.4 Å². The lowest BCUT2D eigenvalue weighted by molar-refractivity contribution is -0.00867. The van der Waals surface area contributed by atoms with Crippen LogP contribution in [0.4, 0.5) is 0 Å². The van der Waals surface area contributed by atoms with E-state index in [-0.39, 0.29) is 19.8 Å². The maximum atomic E-state index is 11.5. The van der Waals surface area contributed by atoms with E-state index in [1.54, 1.807) is 0 Å². The third kappa shape index (κ3) is 5.94. The predicted octanol–water partition coefficient (Wildman–Crippen LogP) is -0.807. The lowest BCUT2D eigenvalue weighted by Crippen LogP contribution is -2.32. The van der Waals surface area contributed by atoms with Crippen molar-refractivity contribution in [2.45, 2.75) is 11.9 Å². The molecule has 15 heavy (non-hydrogen) atoms. The van der Waals surface area contributed by atoms with E-state index in [4.69, 9.17) is 14.9 Å². The van der Waals surface area contributed by atoms with Crippen molar-refractivity contribution in [3.63, 3.8) is 0 Å². The van der Waals surface area contributed by atoms with E-state index in [9.17, 15) is 9.67 Å². The first-order valence-corrected chi connectivity index (χ1v) is 5.82.